The van der Waals surface area contributed by atoms with Crippen molar-refractivity contribution in [3.05, 3.63) is 0 Å². The molecule has 1 heterocycles. The van der Waals surface area contributed by atoms with Crippen LogP contribution in [0.4, 0.5) is 0 Å². The molecule has 0 aromatic heterocycles. The van der Waals surface area contributed by atoms with Gasteiger partial charge < -0.3 is 9.47 Å². The molecule has 86 valence electrons. The van der Waals surface area contributed by atoms with Crippen LogP contribution in [0.15, 0.2) is 0 Å². The van der Waals surface area contributed by atoms with E-state index >= 15 is 0 Å². The van der Waals surface area contributed by atoms with E-state index in [4.69, 9.17) is 9.47 Å². The lowest BCUT2D eigenvalue weighted by Crippen LogP contribution is -2.12. The van der Waals surface area contributed by atoms with Crippen LogP contribution in [0.25, 0.3) is 0 Å². The third kappa shape index (κ3) is 6.10. The van der Waals surface area contributed by atoms with Gasteiger partial charge in [0, 0.05) is 12.8 Å². The fraction of sp³-hybridized carbons (Fsp3) is 0.818. The summed E-state index contributed by atoms with van der Waals surface area (Å²) >= 11 is 0. The molecule has 0 saturated carbocycles. The number of hydrogen-bond donors (Lipinski definition) is 0. The first-order chi connectivity index (χ1) is 7.29. The molecule has 0 aromatic rings. The van der Waals surface area contributed by atoms with Crippen molar-refractivity contribution in [3.63, 3.8) is 0 Å². The van der Waals surface area contributed by atoms with Gasteiger partial charge in [0.25, 0.3) is 0 Å². The highest BCUT2D eigenvalue weighted by atomic mass is 16.7. The monoisotopic (exact) mass is 214 g/mol. The Morgan fingerprint density at radius 1 is 0.667 bits per heavy atom. The van der Waals surface area contributed by atoms with Gasteiger partial charge in [-0.15, -0.1) is 0 Å². The second kappa shape index (κ2) is 7.26. The van der Waals surface area contributed by atoms with Gasteiger partial charge in [0.15, 0.2) is 0 Å². The Kier molecular flexibility index (Phi) is 5.81. The minimum Gasteiger partial charge on any atom is -0.428 e. The average molecular weight is 214 g/mol. The zero-order chi connectivity index (χ0) is 10.9. The van der Waals surface area contributed by atoms with E-state index in [0.29, 0.717) is 12.8 Å². The number of carbonyl (C=O) groups excluding carboxylic acids is 2. The Bertz CT molecular complexity index is 191. The molecule has 1 saturated heterocycles. The van der Waals surface area contributed by atoms with Crippen molar-refractivity contribution in [2.45, 2.75) is 51.4 Å². The highest BCUT2D eigenvalue weighted by Crippen LogP contribution is 2.10. The lowest BCUT2D eigenvalue weighted by Gasteiger charge is -2.04. The summed E-state index contributed by atoms with van der Waals surface area (Å²) in [4.78, 5) is 22.2. The van der Waals surface area contributed by atoms with Crippen LogP contribution in [-0.2, 0) is 19.1 Å². The quantitative estimate of drug-likeness (QED) is 0.580. The lowest BCUT2D eigenvalue weighted by molar-refractivity contribution is -0.167. The van der Waals surface area contributed by atoms with Gasteiger partial charge in [0.2, 0.25) is 6.79 Å². The Balaban J connectivity index is 2.27. The minimum atomic E-state index is -0.276. The zero-order valence-corrected chi connectivity index (χ0v) is 9.00. The highest BCUT2D eigenvalue weighted by Gasteiger charge is 2.07. The molecular weight excluding hydrogens is 196 g/mol. The molecule has 1 aliphatic heterocycles. The fourth-order valence-corrected chi connectivity index (χ4v) is 1.55. The minimum absolute atomic E-state index is 0.225. The van der Waals surface area contributed by atoms with Gasteiger partial charge in [-0.05, 0) is 12.8 Å². The van der Waals surface area contributed by atoms with Crippen molar-refractivity contribution in [2.24, 2.45) is 0 Å². The molecule has 1 rings (SSSR count). The number of hydrogen-bond acceptors (Lipinski definition) is 4. The molecule has 15 heavy (non-hydrogen) atoms. The topological polar surface area (TPSA) is 52.6 Å². The SMILES string of the molecule is O=C1CCCCCCCCC(=O)OCO1. The van der Waals surface area contributed by atoms with Crippen molar-refractivity contribution < 1.29 is 19.1 Å². The lowest BCUT2D eigenvalue weighted by atomic mass is 10.1. The normalized spacial score (nSPS) is 21.6. The van der Waals surface area contributed by atoms with Crippen LogP contribution in [0, 0.1) is 0 Å². The Labute approximate surface area is 89.9 Å². The molecule has 0 atom stereocenters. The van der Waals surface area contributed by atoms with Gasteiger partial charge in [0.05, 0.1) is 0 Å². The predicted molar refractivity (Wildman–Crippen MR) is 54.0 cm³/mol. The number of ether oxygens (including phenoxy) is 2. The van der Waals surface area contributed by atoms with E-state index < -0.39 is 0 Å². The van der Waals surface area contributed by atoms with Crippen molar-refractivity contribution in [1.29, 1.82) is 0 Å². The molecule has 0 N–H and O–H groups in total. The summed E-state index contributed by atoms with van der Waals surface area (Å²) in [5.41, 5.74) is 0. The van der Waals surface area contributed by atoms with Crippen LogP contribution in [0.3, 0.4) is 0 Å². The van der Waals surface area contributed by atoms with E-state index in [1.165, 1.54) is 0 Å². The summed E-state index contributed by atoms with van der Waals surface area (Å²) in [7, 11) is 0. The van der Waals surface area contributed by atoms with E-state index in [1.54, 1.807) is 0 Å². The molecule has 0 amide bonds. The maximum absolute atomic E-state index is 11.1. The Hall–Kier alpha value is -1.06. The number of carbonyl (C=O) groups is 2. The van der Waals surface area contributed by atoms with Gasteiger partial charge in [-0.2, -0.15) is 0 Å². The molecule has 4 heteroatoms. The van der Waals surface area contributed by atoms with E-state index in [2.05, 4.69) is 0 Å². The van der Waals surface area contributed by atoms with E-state index in [1.807, 2.05) is 0 Å². The molecule has 0 unspecified atom stereocenters. The Morgan fingerprint density at radius 2 is 1.07 bits per heavy atom. The molecule has 0 bridgehead atoms. The first kappa shape index (κ1) is 12.0. The van der Waals surface area contributed by atoms with Crippen LogP contribution in [-0.4, -0.2) is 18.7 Å². The predicted octanol–water partition coefficient (Wildman–Crippen LogP) is 2.16. The molecule has 0 aromatic carbocycles. The van der Waals surface area contributed by atoms with Crippen molar-refractivity contribution >= 4 is 11.9 Å². The smallest absolute Gasteiger partial charge is 0.308 e. The average Bonchev–Trinajstić information content (AvgIpc) is 2.22. The van der Waals surface area contributed by atoms with Crippen molar-refractivity contribution in [1.82, 2.24) is 0 Å². The standard InChI is InChI=1S/C11H18O4/c12-10-7-5-3-1-2-4-6-8-11(13)15-9-14-10/h1-9H2. The first-order valence-electron chi connectivity index (χ1n) is 5.60. The second-order valence-corrected chi connectivity index (χ2v) is 3.77. The highest BCUT2D eigenvalue weighted by molar-refractivity contribution is 5.70. The molecule has 0 radical (unpaired) electrons. The summed E-state index contributed by atoms with van der Waals surface area (Å²) in [6.45, 7) is -0.225. The molecule has 1 aliphatic rings. The second-order valence-electron chi connectivity index (χ2n) is 3.77. The molecule has 4 nitrogen and oxygen atoms in total. The maximum Gasteiger partial charge on any atom is 0.308 e. The number of rotatable bonds is 0. The van der Waals surface area contributed by atoms with E-state index in [-0.39, 0.29) is 18.7 Å². The van der Waals surface area contributed by atoms with Crippen LogP contribution in [0.2, 0.25) is 0 Å². The fourth-order valence-electron chi connectivity index (χ4n) is 1.55. The van der Waals surface area contributed by atoms with Crippen LogP contribution in [0.1, 0.15) is 51.4 Å². The largest absolute Gasteiger partial charge is 0.428 e. The van der Waals surface area contributed by atoms with Gasteiger partial charge in [-0.3, -0.25) is 9.59 Å². The van der Waals surface area contributed by atoms with Gasteiger partial charge in [-0.1, -0.05) is 25.7 Å². The third-order valence-electron chi connectivity index (χ3n) is 2.45. The van der Waals surface area contributed by atoms with Crippen LogP contribution in [0.5, 0.6) is 0 Å². The zero-order valence-electron chi connectivity index (χ0n) is 9.00. The number of cyclic esters (lactones) is 2. The van der Waals surface area contributed by atoms with E-state index in [9.17, 15) is 9.59 Å². The molecule has 0 spiro atoms. The number of esters is 2. The summed E-state index contributed by atoms with van der Waals surface area (Å²) in [6.07, 6.45) is 6.97. The summed E-state index contributed by atoms with van der Waals surface area (Å²) < 4.78 is 9.49. The summed E-state index contributed by atoms with van der Waals surface area (Å²) in [5, 5.41) is 0. The van der Waals surface area contributed by atoms with Crippen LogP contribution >= 0.6 is 0 Å². The van der Waals surface area contributed by atoms with Gasteiger partial charge in [-0.25, -0.2) is 0 Å². The van der Waals surface area contributed by atoms with Crippen LogP contribution < -0.4 is 0 Å². The van der Waals surface area contributed by atoms with Gasteiger partial charge in [0.1, 0.15) is 0 Å². The van der Waals surface area contributed by atoms with Crippen molar-refractivity contribution in [2.75, 3.05) is 6.79 Å². The van der Waals surface area contributed by atoms with Crippen molar-refractivity contribution in [3.8, 4) is 0 Å². The Morgan fingerprint density at radius 3 is 1.53 bits per heavy atom. The summed E-state index contributed by atoms with van der Waals surface area (Å²) in [6, 6.07) is 0. The first-order valence-corrected chi connectivity index (χ1v) is 5.60. The molecule has 1 fully saturated rings. The maximum atomic E-state index is 11.1. The van der Waals surface area contributed by atoms with Gasteiger partial charge >= 0.3 is 11.9 Å². The van der Waals surface area contributed by atoms with E-state index in [0.717, 1.165) is 38.5 Å². The molecular formula is C11H18O4. The molecule has 0 aliphatic carbocycles. The summed E-state index contributed by atoms with van der Waals surface area (Å²) in [5.74, 6) is -0.552. The third-order valence-corrected chi connectivity index (χ3v) is 2.45.